The molecule has 0 aliphatic heterocycles. The summed E-state index contributed by atoms with van der Waals surface area (Å²) in [7, 11) is 0. The number of halogens is 6. The average Bonchev–Trinajstić information content (AvgIpc) is 3.31. The standard InChI is InChI=1S/C16H14F6N4/c1-8-10(15(17,18)19)3-2-4-11(8)24-13-7-12(16(20,21)22)25-14(26-13)23-9-5-6-9/h2-4,7,9H,5-6H2,1H3,(H2,23,24,25,26). The Hall–Kier alpha value is -2.52. The lowest BCUT2D eigenvalue weighted by molar-refractivity contribution is -0.141. The second kappa shape index (κ2) is 6.33. The van der Waals surface area contributed by atoms with Gasteiger partial charge < -0.3 is 10.6 Å². The van der Waals surface area contributed by atoms with E-state index in [1.165, 1.54) is 19.1 Å². The van der Waals surface area contributed by atoms with Crippen LogP contribution in [0.1, 0.15) is 29.7 Å². The second-order valence-corrected chi connectivity index (χ2v) is 5.98. The van der Waals surface area contributed by atoms with Crippen molar-refractivity contribution in [3.63, 3.8) is 0 Å². The summed E-state index contributed by atoms with van der Waals surface area (Å²) in [5, 5.41) is 5.30. The van der Waals surface area contributed by atoms with Gasteiger partial charge in [-0.15, -0.1) is 0 Å². The summed E-state index contributed by atoms with van der Waals surface area (Å²) in [5.74, 6) is -0.452. The molecule has 0 spiro atoms. The van der Waals surface area contributed by atoms with Crippen molar-refractivity contribution in [1.82, 2.24) is 9.97 Å². The van der Waals surface area contributed by atoms with E-state index < -0.39 is 23.6 Å². The number of anilines is 3. The van der Waals surface area contributed by atoms with Crippen molar-refractivity contribution < 1.29 is 26.3 Å². The summed E-state index contributed by atoms with van der Waals surface area (Å²) in [4.78, 5) is 7.38. The molecule has 1 aliphatic carbocycles. The Morgan fingerprint density at radius 1 is 1.00 bits per heavy atom. The van der Waals surface area contributed by atoms with Crippen LogP contribution in [-0.2, 0) is 12.4 Å². The van der Waals surface area contributed by atoms with Crippen molar-refractivity contribution >= 4 is 17.5 Å². The van der Waals surface area contributed by atoms with E-state index >= 15 is 0 Å². The van der Waals surface area contributed by atoms with Crippen LogP contribution in [0.4, 0.5) is 43.8 Å². The van der Waals surface area contributed by atoms with Crippen molar-refractivity contribution in [2.45, 2.75) is 38.2 Å². The molecule has 4 nitrogen and oxygen atoms in total. The van der Waals surface area contributed by atoms with Crippen molar-refractivity contribution in [2.75, 3.05) is 10.6 Å². The molecule has 2 N–H and O–H groups in total. The smallest absolute Gasteiger partial charge is 0.351 e. The summed E-state index contributed by atoms with van der Waals surface area (Å²) < 4.78 is 78.1. The van der Waals surface area contributed by atoms with Crippen LogP contribution in [0.5, 0.6) is 0 Å². The maximum Gasteiger partial charge on any atom is 0.433 e. The number of hydrogen-bond donors (Lipinski definition) is 2. The highest BCUT2D eigenvalue weighted by Crippen LogP contribution is 2.36. The minimum Gasteiger partial charge on any atom is -0.351 e. The van der Waals surface area contributed by atoms with Crippen molar-refractivity contribution in [2.24, 2.45) is 0 Å². The van der Waals surface area contributed by atoms with Crippen LogP contribution >= 0.6 is 0 Å². The summed E-state index contributed by atoms with van der Waals surface area (Å²) in [6, 6.07) is 4.10. The molecular weight excluding hydrogens is 362 g/mol. The van der Waals surface area contributed by atoms with Crippen molar-refractivity contribution in [1.29, 1.82) is 0 Å². The molecule has 0 bridgehead atoms. The van der Waals surface area contributed by atoms with E-state index in [0.717, 1.165) is 18.9 Å². The molecule has 1 fully saturated rings. The van der Waals surface area contributed by atoms with Crippen LogP contribution < -0.4 is 10.6 Å². The Labute approximate surface area is 144 Å². The average molecular weight is 376 g/mol. The largest absolute Gasteiger partial charge is 0.433 e. The maximum absolute atomic E-state index is 13.0. The molecule has 1 aromatic carbocycles. The molecule has 1 aromatic heterocycles. The van der Waals surface area contributed by atoms with Gasteiger partial charge in [0.2, 0.25) is 5.95 Å². The van der Waals surface area contributed by atoms with Crippen LogP contribution in [0.25, 0.3) is 0 Å². The highest BCUT2D eigenvalue weighted by Gasteiger charge is 2.35. The van der Waals surface area contributed by atoms with E-state index in [0.29, 0.717) is 6.07 Å². The molecule has 0 radical (unpaired) electrons. The first-order valence-electron chi connectivity index (χ1n) is 7.70. The minimum atomic E-state index is -4.71. The Bertz CT molecular complexity index is 811. The molecule has 1 saturated carbocycles. The van der Waals surface area contributed by atoms with E-state index in [4.69, 9.17) is 0 Å². The molecule has 2 aromatic rings. The first-order chi connectivity index (χ1) is 12.0. The molecule has 10 heteroatoms. The lowest BCUT2D eigenvalue weighted by Gasteiger charge is -2.16. The lowest BCUT2D eigenvalue weighted by atomic mass is 10.1. The fourth-order valence-corrected chi connectivity index (χ4v) is 2.35. The van der Waals surface area contributed by atoms with Gasteiger partial charge in [0.15, 0.2) is 5.69 Å². The van der Waals surface area contributed by atoms with Gasteiger partial charge in [-0.05, 0) is 37.5 Å². The Balaban J connectivity index is 1.96. The molecule has 0 atom stereocenters. The van der Waals surface area contributed by atoms with E-state index in [1.807, 2.05) is 0 Å². The third-order valence-corrected chi connectivity index (χ3v) is 3.83. The van der Waals surface area contributed by atoms with Crippen molar-refractivity contribution in [3.05, 3.63) is 41.1 Å². The second-order valence-electron chi connectivity index (χ2n) is 5.98. The molecule has 0 amide bonds. The molecule has 3 rings (SSSR count). The van der Waals surface area contributed by atoms with Gasteiger partial charge in [-0.25, -0.2) is 4.98 Å². The van der Waals surface area contributed by atoms with Gasteiger partial charge in [0.05, 0.1) is 5.56 Å². The molecule has 26 heavy (non-hydrogen) atoms. The predicted octanol–water partition coefficient (Wildman–Crippen LogP) is 5.14. The van der Waals surface area contributed by atoms with Crippen LogP contribution in [0, 0.1) is 6.92 Å². The highest BCUT2D eigenvalue weighted by atomic mass is 19.4. The summed E-state index contributed by atoms with van der Waals surface area (Å²) in [6.07, 6.45) is -7.67. The van der Waals surface area contributed by atoms with Crippen LogP contribution in [0.2, 0.25) is 0 Å². The van der Waals surface area contributed by atoms with Crippen LogP contribution in [0.15, 0.2) is 24.3 Å². The van der Waals surface area contributed by atoms with Gasteiger partial charge in [0, 0.05) is 17.8 Å². The SMILES string of the molecule is Cc1c(Nc2cc(C(F)(F)F)nc(NC3CC3)n2)cccc1C(F)(F)F. The number of nitrogens with zero attached hydrogens (tertiary/aromatic N) is 2. The topological polar surface area (TPSA) is 49.8 Å². The number of hydrogen-bond acceptors (Lipinski definition) is 4. The van der Waals surface area contributed by atoms with Crippen molar-refractivity contribution in [3.8, 4) is 0 Å². The molecule has 0 saturated heterocycles. The molecule has 140 valence electrons. The van der Waals surface area contributed by atoms with Gasteiger partial charge in [-0.2, -0.15) is 31.3 Å². The Morgan fingerprint density at radius 2 is 1.69 bits per heavy atom. The molecule has 0 unspecified atom stereocenters. The molecular formula is C16H14F6N4. The zero-order valence-corrected chi connectivity index (χ0v) is 13.5. The van der Waals surface area contributed by atoms with Gasteiger partial charge in [-0.3, -0.25) is 0 Å². The van der Waals surface area contributed by atoms with Gasteiger partial charge in [-0.1, -0.05) is 6.07 Å². The normalized spacial score (nSPS) is 15.0. The summed E-state index contributed by atoms with van der Waals surface area (Å²) >= 11 is 0. The van der Waals surface area contributed by atoms with Gasteiger partial charge >= 0.3 is 12.4 Å². The first-order valence-corrected chi connectivity index (χ1v) is 7.70. The zero-order valence-electron chi connectivity index (χ0n) is 13.5. The fourth-order valence-electron chi connectivity index (χ4n) is 2.35. The minimum absolute atomic E-state index is 0.0154. The van der Waals surface area contributed by atoms with Crippen LogP contribution in [-0.4, -0.2) is 16.0 Å². The van der Waals surface area contributed by atoms with Crippen LogP contribution in [0.3, 0.4) is 0 Å². The van der Waals surface area contributed by atoms with Gasteiger partial charge in [0.25, 0.3) is 0 Å². The fraction of sp³-hybridized carbons (Fsp3) is 0.375. The summed E-state index contributed by atoms with van der Waals surface area (Å²) in [6.45, 7) is 1.24. The van der Waals surface area contributed by atoms with Gasteiger partial charge in [0.1, 0.15) is 5.82 Å². The maximum atomic E-state index is 13.0. The van der Waals surface area contributed by atoms with E-state index in [9.17, 15) is 26.3 Å². The Morgan fingerprint density at radius 3 is 2.27 bits per heavy atom. The number of benzene rings is 1. The number of rotatable bonds is 4. The third kappa shape index (κ3) is 4.17. The third-order valence-electron chi connectivity index (χ3n) is 3.83. The van der Waals surface area contributed by atoms with E-state index in [2.05, 4.69) is 20.6 Å². The van der Waals surface area contributed by atoms with E-state index in [-0.39, 0.29) is 29.1 Å². The quantitative estimate of drug-likeness (QED) is 0.726. The number of alkyl halides is 6. The zero-order chi connectivity index (χ0) is 19.1. The first kappa shape index (κ1) is 18.3. The number of nitrogens with one attached hydrogen (secondary N) is 2. The summed E-state index contributed by atoms with van der Waals surface area (Å²) in [5.41, 5.74) is -2.17. The number of aromatic nitrogens is 2. The lowest BCUT2D eigenvalue weighted by Crippen LogP contribution is -2.14. The predicted molar refractivity (Wildman–Crippen MR) is 83.1 cm³/mol. The monoisotopic (exact) mass is 376 g/mol. The Kier molecular flexibility index (Phi) is 4.45. The highest BCUT2D eigenvalue weighted by molar-refractivity contribution is 5.63. The molecule has 1 heterocycles. The molecule has 1 aliphatic rings. The van der Waals surface area contributed by atoms with E-state index in [1.54, 1.807) is 0 Å².